The number of nitrogens with two attached hydrogens (primary N) is 1. The molecular formula is C12H13ClN6OS. The van der Waals surface area contributed by atoms with Gasteiger partial charge >= 0.3 is 0 Å². The Morgan fingerprint density at radius 2 is 2.29 bits per heavy atom. The first-order chi connectivity index (χ1) is 10.1. The smallest absolute Gasteiger partial charge is 0.269 e. The molecule has 0 aromatic carbocycles. The predicted molar refractivity (Wildman–Crippen MR) is 79.1 cm³/mol. The average molecular weight is 325 g/mol. The highest BCUT2D eigenvalue weighted by Gasteiger charge is 2.17. The van der Waals surface area contributed by atoms with Crippen LogP contribution in [0.25, 0.3) is 10.8 Å². The van der Waals surface area contributed by atoms with Gasteiger partial charge in [-0.05, 0) is 6.92 Å². The van der Waals surface area contributed by atoms with Crippen LogP contribution in [0.5, 0.6) is 0 Å². The van der Waals surface area contributed by atoms with E-state index in [1.54, 1.807) is 17.9 Å². The highest BCUT2D eigenvalue weighted by atomic mass is 35.5. The van der Waals surface area contributed by atoms with Gasteiger partial charge in [-0.1, -0.05) is 16.8 Å². The van der Waals surface area contributed by atoms with Crippen molar-refractivity contribution in [2.24, 2.45) is 12.8 Å². The maximum Gasteiger partial charge on any atom is 0.269 e. The third-order valence-corrected chi connectivity index (χ3v) is 4.49. The molecule has 0 saturated carbocycles. The maximum atomic E-state index is 6.20. The number of halogens is 1. The summed E-state index contributed by atoms with van der Waals surface area (Å²) >= 11 is 7.64. The van der Waals surface area contributed by atoms with Crippen LogP contribution in [0, 0.1) is 6.92 Å². The van der Waals surface area contributed by atoms with Crippen LogP contribution in [0.3, 0.4) is 0 Å². The number of hydrogen-bond donors (Lipinski definition) is 1. The summed E-state index contributed by atoms with van der Waals surface area (Å²) < 4.78 is 6.89. The van der Waals surface area contributed by atoms with Crippen molar-refractivity contribution >= 4 is 22.9 Å². The van der Waals surface area contributed by atoms with E-state index < -0.39 is 0 Å². The largest absolute Gasteiger partial charge is 0.333 e. The summed E-state index contributed by atoms with van der Waals surface area (Å²) in [5.74, 6) is 1.01. The van der Waals surface area contributed by atoms with E-state index in [0.29, 0.717) is 29.8 Å². The van der Waals surface area contributed by atoms with Gasteiger partial charge in [0.1, 0.15) is 15.0 Å². The van der Waals surface area contributed by atoms with Gasteiger partial charge in [0.15, 0.2) is 5.82 Å². The molecule has 0 amide bonds. The lowest BCUT2D eigenvalue weighted by Crippen LogP contribution is -1.93. The second kappa shape index (κ2) is 5.55. The summed E-state index contributed by atoms with van der Waals surface area (Å²) in [5, 5.41) is 9.66. The molecule has 0 aliphatic carbocycles. The molecule has 7 nitrogen and oxygen atoms in total. The number of nitrogens with zero attached hydrogens (tertiary/aromatic N) is 5. The Hall–Kier alpha value is -1.77. The van der Waals surface area contributed by atoms with Gasteiger partial charge in [0.05, 0.1) is 11.9 Å². The fourth-order valence-electron chi connectivity index (χ4n) is 1.96. The number of rotatable bonds is 4. The zero-order valence-corrected chi connectivity index (χ0v) is 13.1. The lowest BCUT2D eigenvalue weighted by molar-refractivity contribution is 0.424. The second-order valence-corrected chi connectivity index (χ2v) is 5.97. The van der Waals surface area contributed by atoms with E-state index in [9.17, 15) is 0 Å². The Morgan fingerprint density at radius 3 is 2.90 bits per heavy atom. The molecule has 3 heterocycles. The topological polar surface area (TPSA) is 95.7 Å². The van der Waals surface area contributed by atoms with Crippen molar-refractivity contribution in [3.63, 3.8) is 0 Å². The molecule has 0 radical (unpaired) electrons. The van der Waals surface area contributed by atoms with E-state index in [1.807, 2.05) is 6.92 Å². The third-order valence-electron chi connectivity index (χ3n) is 3.01. The molecule has 3 aromatic heterocycles. The molecule has 3 rings (SSSR count). The van der Waals surface area contributed by atoms with E-state index in [2.05, 4.69) is 20.2 Å². The molecule has 0 atom stereocenters. The van der Waals surface area contributed by atoms with E-state index in [0.717, 1.165) is 21.1 Å². The van der Waals surface area contributed by atoms with Gasteiger partial charge in [0.2, 0.25) is 0 Å². The van der Waals surface area contributed by atoms with Crippen LogP contribution in [0.4, 0.5) is 0 Å². The van der Waals surface area contributed by atoms with Crippen LogP contribution in [0.2, 0.25) is 5.15 Å². The number of aryl methyl sites for hydroxylation is 2. The van der Waals surface area contributed by atoms with Gasteiger partial charge < -0.3 is 10.3 Å². The Bertz CT molecular complexity index is 777. The normalized spacial score (nSPS) is 11.2. The summed E-state index contributed by atoms with van der Waals surface area (Å²) in [5.41, 5.74) is 7.30. The van der Waals surface area contributed by atoms with Crippen molar-refractivity contribution in [1.29, 1.82) is 0 Å². The quantitative estimate of drug-likeness (QED) is 0.788. The molecule has 9 heteroatoms. The van der Waals surface area contributed by atoms with Crippen molar-refractivity contribution in [2.45, 2.75) is 19.9 Å². The highest BCUT2D eigenvalue weighted by Crippen LogP contribution is 2.26. The van der Waals surface area contributed by atoms with Crippen molar-refractivity contribution in [3.05, 3.63) is 33.4 Å². The summed E-state index contributed by atoms with van der Waals surface area (Å²) in [6, 6.07) is 0. The predicted octanol–water partition coefficient (Wildman–Crippen LogP) is 1.94. The SMILES string of the molecule is Cc1nn(C)c(Cl)c1Cc1noc(-c2cnc(CN)s2)n1. The number of thiazole rings is 1. The molecular weight excluding hydrogens is 312 g/mol. The minimum absolute atomic E-state index is 0.399. The minimum Gasteiger partial charge on any atom is -0.333 e. The van der Waals surface area contributed by atoms with Crippen molar-refractivity contribution < 1.29 is 4.52 Å². The van der Waals surface area contributed by atoms with Gasteiger partial charge in [0, 0.05) is 25.6 Å². The molecule has 0 unspecified atom stereocenters. The zero-order chi connectivity index (χ0) is 15.0. The summed E-state index contributed by atoms with van der Waals surface area (Å²) in [7, 11) is 1.80. The van der Waals surface area contributed by atoms with Gasteiger partial charge in [-0.25, -0.2) is 4.98 Å². The van der Waals surface area contributed by atoms with Crippen LogP contribution in [-0.4, -0.2) is 24.9 Å². The van der Waals surface area contributed by atoms with E-state index in [4.69, 9.17) is 21.9 Å². The van der Waals surface area contributed by atoms with E-state index in [-0.39, 0.29) is 0 Å². The third kappa shape index (κ3) is 2.69. The minimum atomic E-state index is 0.399. The first-order valence-corrected chi connectivity index (χ1v) is 7.43. The molecule has 0 aliphatic rings. The molecule has 0 fully saturated rings. The van der Waals surface area contributed by atoms with Crippen LogP contribution in [0.15, 0.2) is 10.7 Å². The first-order valence-electron chi connectivity index (χ1n) is 6.24. The van der Waals surface area contributed by atoms with Crippen molar-refractivity contribution in [3.8, 4) is 10.8 Å². The lowest BCUT2D eigenvalue weighted by Gasteiger charge is -1.95. The van der Waals surface area contributed by atoms with Crippen LogP contribution < -0.4 is 5.73 Å². The van der Waals surface area contributed by atoms with Gasteiger partial charge in [-0.3, -0.25) is 4.68 Å². The molecule has 0 spiro atoms. The zero-order valence-electron chi connectivity index (χ0n) is 11.5. The maximum absolute atomic E-state index is 6.20. The Kier molecular flexibility index (Phi) is 3.75. The van der Waals surface area contributed by atoms with Gasteiger partial charge in [-0.2, -0.15) is 10.1 Å². The Labute approximate surface area is 129 Å². The molecule has 21 heavy (non-hydrogen) atoms. The molecule has 0 bridgehead atoms. The van der Waals surface area contributed by atoms with Gasteiger partial charge in [0.25, 0.3) is 5.89 Å². The lowest BCUT2D eigenvalue weighted by atomic mass is 10.2. The van der Waals surface area contributed by atoms with E-state index in [1.165, 1.54) is 11.3 Å². The van der Waals surface area contributed by atoms with E-state index >= 15 is 0 Å². The van der Waals surface area contributed by atoms with Crippen molar-refractivity contribution in [2.75, 3.05) is 0 Å². The highest BCUT2D eigenvalue weighted by molar-refractivity contribution is 7.15. The Morgan fingerprint density at radius 1 is 1.48 bits per heavy atom. The monoisotopic (exact) mass is 324 g/mol. The summed E-state index contributed by atoms with van der Waals surface area (Å²) in [6.07, 6.45) is 2.16. The fourth-order valence-corrected chi connectivity index (χ4v) is 2.92. The number of hydrogen-bond acceptors (Lipinski definition) is 7. The number of aromatic nitrogens is 5. The Balaban J connectivity index is 1.85. The average Bonchev–Trinajstić information content (AvgIpc) is 3.16. The molecule has 0 saturated heterocycles. The molecule has 110 valence electrons. The van der Waals surface area contributed by atoms with Gasteiger partial charge in [-0.15, -0.1) is 11.3 Å². The molecule has 2 N–H and O–H groups in total. The standard InChI is InChI=1S/C12H13ClN6OS/c1-6-7(11(13)19(2)17-6)3-9-16-12(20-18-9)8-5-15-10(4-14)21-8/h5H,3-4,14H2,1-2H3. The van der Waals surface area contributed by atoms with Crippen molar-refractivity contribution in [1.82, 2.24) is 24.9 Å². The summed E-state index contributed by atoms with van der Waals surface area (Å²) in [4.78, 5) is 9.35. The second-order valence-electron chi connectivity index (χ2n) is 4.49. The van der Waals surface area contributed by atoms with Crippen LogP contribution in [0.1, 0.15) is 22.1 Å². The van der Waals surface area contributed by atoms with Crippen LogP contribution in [-0.2, 0) is 20.0 Å². The van der Waals surface area contributed by atoms with Crippen LogP contribution >= 0.6 is 22.9 Å². The fraction of sp³-hybridized carbons (Fsp3) is 0.333. The molecule has 0 aliphatic heterocycles. The summed E-state index contributed by atoms with van der Waals surface area (Å²) in [6.45, 7) is 2.30. The first kappa shape index (κ1) is 14.2. The molecule has 3 aromatic rings.